The van der Waals surface area contributed by atoms with Gasteiger partial charge in [-0.2, -0.15) is 0 Å². The van der Waals surface area contributed by atoms with Crippen LogP contribution in [0.2, 0.25) is 0 Å². The number of fused-ring (bicyclic) bond motifs is 2. The van der Waals surface area contributed by atoms with Crippen molar-refractivity contribution in [2.45, 2.75) is 12.8 Å². The van der Waals surface area contributed by atoms with Gasteiger partial charge in [-0.05, 0) is 72.7 Å². The fourth-order valence-electron chi connectivity index (χ4n) is 2.84. The Kier molecular flexibility index (Phi) is 3.70. The molecule has 0 spiro atoms. The van der Waals surface area contributed by atoms with E-state index in [4.69, 9.17) is 0 Å². The molecule has 0 N–H and O–H groups in total. The molecule has 0 saturated carbocycles. The van der Waals surface area contributed by atoms with Crippen molar-refractivity contribution >= 4 is 21.5 Å². The van der Waals surface area contributed by atoms with Crippen molar-refractivity contribution in [1.29, 1.82) is 0 Å². The van der Waals surface area contributed by atoms with Crippen molar-refractivity contribution < 1.29 is 0 Å². The third kappa shape index (κ3) is 2.68. The smallest absolute Gasteiger partial charge is 0.00217 e. The number of hydrogen-bond acceptors (Lipinski definition) is 1. The minimum atomic E-state index is 1.14. The summed E-state index contributed by atoms with van der Waals surface area (Å²) >= 11 is 0. The fraction of sp³-hybridized carbons (Fsp3) is 0.263. The number of hydrogen-bond donors (Lipinski definition) is 0. The van der Waals surface area contributed by atoms with E-state index < -0.39 is 0 Å². The Labute approximate surface area is 120 Å². The van der Waals surface area contributed by atoms with E-state index >= 15 is 0 Å². The normalized spacial score (nSPS) is 11.6. The van der Waals surface area contributed by atoms with Gasteiger partial charge in [0.1, 0.15) is 0 Å². The lowest BCUT2D eigenvalue weighted by molar-refractivity contribution is 0.400. The Morgan fingerprint density at radius 2 is 1.50 bits per heavy atom. The van der Waals surface area contributed by atoms with Crippen LogP contribution >= 0.6 is 0 Å². The van der Waals surface area contributed by atoms with Crippen LogP contribution in [0.1, 0.15) is 12.0 Å². The molecule has 0 bridgehead atoms. The quantitative estimate of drug-likeness (QED) is 0.627. The Bertz CT molecular complexity index is 728. The summed E-state index contributed by atoms with van der Waals surface area (Å²) in [6.07, 6.45) is 2.35. The SMILES string of the molecule is CN(C)CCCc1cccc2cc3ccccc3cc12. The molecule has 0 fully saturated rings. The van der Waals surface area contributed by atoms with Gasteiger partial charge in [-0.25, -0.2) is 0 Å². The highest BCUT2D eigenvalue weighted by molar-refractivity contribution is 5.99. The van der Waals surface area contributed by atoms with Gasteiger partial charge < -0.3 is 4.90 Å². The van der Waals surface area contributed by atoms with E-state index in [1.54, 1.807) is 0 Å². The van der Waals surface area contributed by atoms with Crippen LogP contribution in [0.5, 0.6) is 0 Å². The van der Waals surface area contributed by atoms with Gasteiger partial charge in [-0.1, -0.05) is 42.5 Å². The molecule has 1 heteroatoms. The van der Waals surface area contributed by atoms with Crippen LogP contribution < -0.4 is 0 Å². The molecule has 0 saturated heterocycles. The highest BCUT2D eigenvalue weighted by Gasteiger charge is 2.03. The second-order valence-electron chi connectivity index (χ2n) is 5.74. The van der Waals surface area contributed by atoms with Crippen LogP contribution in [0.4, 0.5) is 0 Å². The molecule has 1 nitrogen and oxygen atoms in total. The average molecular weight is 263 g/mol. The molecule has 20 heavy (non-hydrogen) atoms. The molecule has 0 amide bonds. The lowest BCUT2D eigenvalue weighted by Crippen LogP contribution is -2.13. The average Bonchev–Trinajstić information content (AvgIpc) is 2.45. The third-order valence-corrected chi connectivity index (χ3v) is 3.89. The first-order chi connectivity index (χ1) is 9.74. The predicted molar refractivity (Wildman–Crippen MR) is 88.3 cm³/mol. The topological polar surface area (TPSA) is 3.24 Å². The van der Waals surface area contributed by atoms with Gasteiger partial charge in [-0.15, -0.1) is 0 Å². The summed E-state index contributed by atoms with van der Waals surface area (Å²) in [5.74, 6) is 0. The van der Waals surface area contributed by atoms with Gasteiger partial charge >= 0.3 is 0 Å². The number of nitrogens with zero attached hydrogens (tertiary/aromatic N) is 1. The predicted octanol–water partition coefficient (Wildman–Crippen LogP) is 4.49. The number of rotatable bonds is 4. The molecular weight excluding hydrogens is 242 g/mol. The second-order valence-corrected chi connectivity index (χ2v) is 5.74. The van der Waals surface area contributed by atoms with E-state index in [-0.39, 0.29) is 0 Å². The minimum Gasteiger partial charge on any atom is -0.309 e. The maximum Gasteiger partial charge on any atom is -0.00217 e. The van der Waals surface area contributed by atoms with E-state index in [0.717, 1.165) is 13.0 Å². The summed E-state index contributed by atoms with van der Waals surface area (Å²) in [7, 11) is 4.27. The van der Waals surface area contributed by atoms with Crippen molar-refractivity contribution in [1.82, 2.24) is 4.90 Å². The molecule has 3 rings (SSSR count). The lowest BCUT2D eigenvalue weighted by Gasteiger charge is -2.11. The van der Waals surface area contributed by atoms with Gasteiger partial charge in [0, 0.05) is 0 Å². The van der Waals surface area contributed by atoms with Gasteiger partial charge in [0.15, 0.2) is 0 Å². The first-order valence-electron chi connectivity index (χ1n) is 7.29. The van der Waals surface area contributed by atoms with Gasteiger partial charge in [0.05, 0.1) is 0 Å². The van der Waals surface area contributed by atoms with E-state index in [2.05, 4.69) is 73.6 Å². The van der Waals surface area contributed by atoms with Crippen LogP contribution in [-0.2, 0) is 6.42 Å². The van der Waals surface area contributed by atoms with E-state index in [9.17, 15) is 0 Å². The molecule has 102 valence electrons. The summed E-state index contributed by atoms with van der Waals surface area (Å²) in [5.41, 5.74) is 1.47. The summed E-state index contributed by atoms with van der Waals surface area (Å²) in [6, 6.07) is 19.9. The maximum atomic E-state index is 2.34. The minimum absolute atomic E-state index is 1.14. The van der Waals surface area contributed by atoms with Crippen molar-refractivity contribution in [3.05, 3.63) is 60.2 Å². The molecule has 0 aliphatic heterocycles. The van der Waals surface area contributed by atoms with Crippen molar-refractivity contribution in [3.63, 3.8) is 0 Å². The Hall–Kier alpha value is -1.86. The summed E-state index contributed by atoms with van der Waals surface area (Å²) in [5, 5.41) is 5.42. The second kappa shape index (κ2) is 5.64. The molecule has 3 aromatic carbocycles. The summed E-state index contributed by atoms with van der Waals surface area (Å²) in [4.78, 5) is 2.25. The Morgan fingerprint density at radius 3 is 2.25 bits per heavy atom. The molecule has 0 heterocycles. The molecule has 0 unspecified atom stereocenters. The van der Waals surface area contributed by atoms with Gasteiger partial charge in [0.25, 0.3) is 0 Å². The zero-order valence-corrected chi connectivity index (χ0v) is 12.3. The Morgan fingerprint density at radius 1 is 0.800 bits per heavy atom. The largest absolute Gasteiger partial charge is 0.309 e. The van der Waals surface area contributed by atoms with Crippen molar-refractivity contribution in [3.8, 4) is 0 Å². The zero-order valence-electron chi connectivity index (χ0n) is 12.3. The zero-order chi connectivity index (χ0) is 13.9. The van der Waals surface area contributed by atoms with Crippen molar-refractivity contribution in [2.75, 3.05) is 20.6 Å². The maximum absolute atomic E-state index is 2.34. The highest BCUT2D eigenvalue weighted by Crippen LogP contribution is 2.26. The van der Waals surface area contributed by atoms with Crippen LogP contribution in [0.15, 0.2) is 54.6 Å². The van der Waals surface area contributed by atoms with E-state index in [0.29, 0.717) is 0 Å². The molecule has 0 aromatic heterocycles. The highest BCUT2D eigenvalue weighted by atomic mass is 15.0. The van der Waals surface area contributed by atoms with E-state index in [1.807, 2.05) is 0 Å². The number of aryl methyl sites for hydroxylation is 1. The summed E-state index contributed by atoms with van der Waals surface area (Å²) in [6.45, 7) is 1.14. The van der Waals surface area contributed by atoms with Gasteiger partial charge in [0.2, 0.25) is 0 Å². The Balaban J connectivity index is 2.01. The van der Waals surface area contributed by atoms with Crippen LogP contribution in [-0.4, -0.2) is 25.5 Å². The molecule has 3 aromatic rings. The first kappa shape index (κ1) is 13.1. The molecule has 0 aliphatic carbocycles. The lowest BCUT2D eigenvalue weighted by atomic mass is 9.97. The third-order valence-electron chi connectivity index (χ3n) is 3.89. The molecule has 0 radical (unpaired) electrons. The van der Waals surface area contributed by atoms with Crippen molar-refractivity contribution in [2.24, 2.45) is 0 Å². The van der Waals surface area contributed by atoms with E-state index in [1.165, 1.54) is 33.5 Å². The van der Waals surface area contributed by atoms with Crippen LogP contribution in [0.25, 0.3) is 21.5 Å². The number of benzene rings is 3. The first-order valence-corrected chi connectivity index (χ1v) is 7.29. The molecule has 0 aliphatic rings. The molecule has 0 atom stereocenters. The van der Waals surface area contributed by atoms with Crippen LogP contribution in [0.3, 0.4) is 0 Å². The molecular formula is C19H21N. The van der Waals surface area contributed by atoms with Crippen LogP contribution in [0, 0.1) is 0 Å². The standard InChI is InChI=1S/C19H21N/c1-20(2)12-6-11-15-9-5-10-18-13-16-7-3-4-8-17(16)14-19(15)18/h3-5,7-10,13-14H,6,11-12H2,1-2H3. The summed E-state index contributed by atoms with van der Waals surface area (Å²) < 4.78 is 0. The fourth-order valence-corrected chi connectivity index (χ4v) is 2.84. The monoisotopic (exact) mass is 263 g/mol. The van der Waals surface area contributed by atoms with Gasteiger partial charge in [-0.3, -0.25) is 0 Å².